The second-order valence-corrected chi connectivity index (χ2v) is 5.66. The molecule has 0 saturated carbocycles. The summed E-state index contributed by atoms with van der Waals surface area (Å²) in [6.07, 6.45) is 0.758. The van der Waals surface area contributed by atoms with Gasteiger partial charge in [-0.05, 0) is 32.5 Å². The minimum Gasteiger partial charge on any atom is -0.385 e. The molecule has 1 aromatic carbocycles. The van der Waals surface area contributed by atoms with Gasteiger partial charge < -0.3 is 15.4 Å². The number of amides is 2. The van der Waals surface area contributed by atoms with Crippen LogP contribution in [0.15, 0.2) is 24.3 Å². The van der Waals surface area contributed by atoms with Crippen LogP contribution in [0.1, 0.15) is 13.3 Å². The van der Waals surface area contributed by atoms with Crippen LogP contribution < -0.4 is 10.6 Å². The van der Waals surface area contributed by atoms with Crippen LogP contribution in [0.3, 0.4) is 0 Å². The Morgan fingerprint density at radius 2 is 2.04 bits per heavy atom. The van der Waals surface area contributed by atoms with Crippen LogP contribution in [0.2, 0.25) is 5.02 Å². The van der Waals surface area contributed by atoms with Gasteiger partial charge in [-0.1, -0.05) is 23.7 Å². The zero-order valence-corrected chi connectivity index (χ0v) is 14.5. The van der Waals surface area contributed by atoms with E-state index in [1.807, 2.05) is 0 Å². The van der Waals surface area contributed by atoms with Gasteiger partial charge in [-0.2, -0.15) is 0 Å². The van der Waals surface area contributed by atoms with Crippen molar-refractivity contribution >= 4 is 29.1 Å². The lowest BCUT2D eigenvalue weighted by molar-refractivity contribution is -0.124. The fourth-order valence-corrected chi connectivity index (χ4v) is 2.05. The summed E-state index contributed by atoms with van der Waals surface area (Å²) in [5.74, 6) is -0.339. The van der Waals surface area contributed by atoms with Gasteiger partial charge in [0.25, 0.3) is 0 Å². The summed E-state index contributed by atoms with van der Waals surface area (Å²) in [5, 5.41) is 6.03. The molecule has 0 spiro atoms. The van der Waals surface area contributed by atoms with Gasteiger partial charge in [0.15, 0.2) is 0 Å². The zero-order chi connectivity index (χ0) is 17.2. The molecule has 23 heavy (non-hydrogen) atoms. The molecule has 0 saturated heterocycles. The number of para-hydroxylation sites is 1. The molecule has 128 valence electrons. The molecule has 0 aromatic heterocycles. The van der Waals surface area contributed by atoms with Crippen LogP contribution in [0, 0.1) is 0 Å². The Labute approximate surface area is 142 Å². The van der Waals surface area contributed by atoms with Crippen molar-refractivity contribution < 1.29 is 14.3 Å². The maximum absolute atomic E-state index is 12.2. The fourth-order valence-electron chi connectivity index (χ4n) is 1.86. The Hall–Kier alpha value is -1.63. The Kier molecular flexibility index (Phi) is 8.61. The number of nitrogens with zero attached hydrogens (tertiary/aromatic N) is 1. The quantitative estimate of drug-likeness (QED) is 0.671. The van der Waals surface area contributed by atoms with E-state index in [0.717, 1.165) is 6.42 Å². The number of rotatable bonds is 9. The summed E-state index contributed by atoms with van der Waals surface area (Å²) in [6.45, 7) is 3.04. The van der Waals surface area contributed by atoms with Crippen molar-refractivity contribution in [3.8, 4) is 0 Å². The molecule has 1 unspecified atom stereocenters. The minimum absolute atomic E-state index is 0.124. The van der Waals surface area contributed by atoms with Gasteiger partial charge in [0.1, 0.15) is 0 Å². The molecule has 2 N–H and O–H groups in total. The molecule has 0 radical (unpaired) electrons. The third-order valence-corrected chi connectivity index (χ3v) is 3.74. The van der Waals surface area contributed by atoms with Crippen molar-refractivity contribution in [1.29, 1.82) is 0 Å². The summed E-state index contributed by atoms with van der Waals surface area (Å²) in [4.78, 5) is 25.7. The average molecular weight is 342 g/mol. The Morgan fingerprint density at radius 3 is 2.70 bits per heavy atom. The lowest BCUT2D eigenvalue weighted by atomic mass is 10.2. The van der Waals surface area contributed by atoms with Gasteiger partial charge in [0, 0.05) is 20.3 Å². The van der Waals surface area contributed by atoms with Crippen molar-refractivity contribution in [2.75, 3.05) is 39.2 Å². The van der Waals surface area contributed by atoms with Crippen molar-refractivity contribution in [3.05, 3.63) is 29.3 Å². The van der Waals surface area contributed by atoms with Crippen LogP contribution in [0.5, 0.6) is 0 Å². The van der Waals surface area contributed by atoms with E-state index in [-0.39, 0.29) is 18.4 Å². The Balaban J connectivity index is 2.43. The van der Waals surface area contributed by atoms with E-state index in [9.17, 15) is 9.59 Å². The lowest BCUT2D eigenvalue weighted by Gasteiger charge is -2.23. The number of hydrogen-bond acceptors (Lipinski definition) is 4. The molecule has 2 amide bonds. The topological polar surface area (TPSA) is 70.7 Å². The highest BCUT2D eigenvalue weighted by atomic mass is 35.5. The number of halogens is 1. The number of carbonyl (C=O) groups excluding carboxylic acids is 2. The van der Waals surface area contributed by atoms with E-state index in [1.54, 1.807) is 50.2 Å². The van der Waals surface area contributed by atoms with E-state index in [2.05, 4.69) is 10.6 Å². The van der Waals surface area contributed by atoms with E-state index >= 15 is 0 Å². The minimum atomic E-state index is -0.462. The number of nitrogens with one attached hydrogen (secondary N) is 2. The van der Waals surface area contributed by atoms with Crippen LogP contribution in [-0.2, 0) is 14.3 Å². The summed E-state index contributed by atoms with van der Waals surface area (Å²) < 4.78 is 4.92. The Bertz CT molecular complexity index is 525. The van der Waals surface area contributed by atoms with E-state index < -0.39 is 6.04 Å². The van der Waals surface area contributed by atoms with Gasteiger partial charge in [0.2, 0.25) is 11.8 Å². The molecule has 1 rings (SSSR count). The van der Waals surface area contributed by atoms with Gasteiger partial charge in [-0.15, -0.1) is 0 Å². The highest BCUT2D eigenvalue weighted by Crippen LogP contribution is 2.20. The molecule has 0 aliphatic rings. The number of benzene rings is 1. The number of methoxy groups -OCH3 is 1. The van der Waals surface area contributed by atoms with Crippen molar-refractivity contribution in [2.24, 2.45) is 0 Å². The standard InChI is InChI=1S/C16H24ClN3O3/c1-12(16(22)19-14-8-5-4-7-13(14)17)20(2)11-15(21)18-9-6-10-23-3/h4-5,7-8,12H,6,9-11H2,1-3H3,(H,18,21)(H,19,22). The highest BCUT2D eigenvalue weighted by molar-refractivity contribution is 6.33. The monoisotopic (exact) mass is 341 g/mol. The summed E-state index contributed by atoms with van der Waals surface area (Å²) in [7, 11) is 3.35. The smallest absolute Gasteiger partial charge is 0.241 e. The number of ether oxygens (including phenoxy) is 1. The predicted octanol–water partition coefficient (Wildman–Crippen LogP) is 1.75. The Morgan fingerprint density at radius 1 is 1.35 bits per heavy atom. The maximum Gasteiger partial charge on any atom is 0.241 e. The van der Waals surface area contributed by atoms with Gasteiger partial charge in [-0.25, -0.2) is 0 Å². The summed E-state index contributed by atoms with van der Waals surface area (Å²) >= 11 is 6.02. The van der Waals surface area contributed by atoms with Crippen LogP contribution in [0.25, 0.3) is 0 Å². The van der Waals surface area contributed by atoms with E-state index in [4.69, 9.17) is 16.3 Å². The van der Waals surface area contributed by atoms with Crippen molar-refractivity contribution in [1.82, 2.24) is 10.2 Å². The SMILES string of the molecule is COCCCNC(=O)CN(C)C(C)C(=O)Nc1ccccc1Cl. The third kappa shape index (κ3) is 6.99. The third-order valence-electron chi connectivity index (χ3n) is 3.41. The summed E-state index contributed by atoms with van der Waals surface area (Å²) in [5.41, 5.74) is 0.559. The van der Waals surface area contributed by atoms with E-state index in [1.165, 1.54) is 0 Å². The second-order valence-electron chi connectivity index (χ2n) is 5.26. The molecular formula is C16H24ClN3O3. The first kappa shape index (κ1) is 19.4. The van der Waals surface area contributed by atoms with Crippen molar-refractivity contribution in [2.45, 2.75) is 19.4 Å². The van der Waals surface area contributed by atoms with Crippen molar-refractivity contribution in [3.63, 3.8) is 0 Å². The predicted molar refractivity (Wildman–Crippen MR) is 91.7 cm³/mol. The van der Waals surface area contributed by atoms with Crippen LogP contribution in [-0.4, -0.2) is 56.6 Å². The zero-order valence-electron chi connectivity index (χ0n) is 13.8. The van der Waals surface area contributed by atoms with Crippen LogP contribution in [0.4, 0.5) is 5.69 Å². The van der Waals surface area contributed by atoms with Gasteiger partial charge in [0.05, 0.1) is 23.3 Å². The first-order valence-corrected chi connectivity index (χ1v) is 7.84. The molecule has 7 heteroatoms. The normalized spacial score (nSPS) is 12.0. The number of likely N-dealkylation sites (N-methyl/N-ethyl adjacent to an activating group) is 1. The summed E-state index contributed by atoms with van der Waals surface area (Å²) in [6, 6.07) is 6.57. The van der Waals surface area contributed by atoms with Gasteiger partial charge in [-0.3, -0.25) is 14.5 Å². The molecule has 0 heterocycles. The second kappa shape index (κ2) is 10.2. The molecule has 1 atom stereocenters. The van der Waals surface area contributed by atoms with E-state index in [0.29, 0.717) is 23.9 Å². The fraction of sp³-hybridized carbons (Fsp3) is 0.500. The number of carbonyl (C=O) groups is 2. The molecular weight excluding hydrogens is 318 g/mol. The molecule has 0 bridgehead atoms. The lowest BCUT2D eigenvalue weighted by Crippen LogP contribution is -2.45. The maximum atomic E-state index is 12.2. The van der Waals surface area contributed by atoms with Crippen LogP contribution >= 0.6 is 11.6 Å². The first-order valence-electron chi connectivity index (χ1n) is 7.47. The molecule has 0 aliphatic carbocycles. The highest BCUT2D eigenvalue weighted by Gasteiger charge is 2.20. The molecule has 0 aliphatic heterocycles. The van der Waals surface area contributed by atoms with Gasteiger partial charge >= 0.3 is 0 Å². The number of anilines is 1. The average Bonchev–Trinajstić information content (AvgIpc) is 2.53. The first-order chi connectivity index (χ1) is 11.0. The molecule has 1 aromatic rings. The number of hydrogen-bond donors (Lipinski definition) is 2. The largest absolute Gasteiger partial charge is 0.385 e. The molecule has 6 nitrogen and oxygen atoms in total. The molecule has 0 fully saturated rings.